The number of aromatic nitrogens is 2. The molecule has 0 radical (unpaired) electrons. The standard InChI is InChI=1S/C8H16N4O2/c1-5(2)6(4-13-3)10-8-12-11-7(9)14-8/h5-6H,4H2,1-3H3,(H2,9,11)(H,10,12). The minimum atomic E-state index is 0.0624. The van der Waals surface area contributed by atoms with Crippen LogP contribution in [0.5, 0.6) is 0 Å². The largest absolute Gasteiger partial charge is 0.390 e. The van der Waals surface area contributed by atoms with E-state index in [4.69, 9.17) is 14.9 Å². The topological polar surface area (TPSA) is 86.2 Å². The van der Waals surface area contributed by atoms with E-state index in [9.17, 15) is 0 Å². The number of anilines is 2. The van der Waals surface area contributed by atoms with Crippen molar-refractivity contribution in [3.05, 3.63) is 0 Å². The van der Waals surface area contributed by atoms with E-state index in [1.165, 1.54) is 0 Å². The second kappa shape index (κ2) is 4.80. The van der Waals surface area contributed by atoms with E-state index in [2.05, 4.69) is 29.4 Å². The molecule has 0 aliphatic heterocycles. The summed E-state index contributed by atoms with van der Waals surface area (Å²) in [5.41, 5.74) is 5.29. The number of nitrogen functional groups attached to an aromatic ring is 1. The molecule has 0 amide bonds. The fourth-order valence-electron chi connectivity index (χ4n) is 1.03. The average molecular weight is 200 g/mol. The summed E-state index contributed by atoms with van der Waals surface area (Å²) in [5, 5.41) is 10.3. The molecule has 1 unspecified atom stereocenters. The van der Waals surface area contributed by atoms with Gasteiger partial charge in [0.2, 0.25) is 0 Å². The van der Waals surface area contributed by atoms with Crippen LogP contribution >= 0.6 is 0 Å². The van der Waals surface area contributed by atoms with E-state index in [1.54, 1.807) is 7.11 Å². The number of nitrogens with two attached hydrogens (primary N) is 1. The highest BCUT2D eigenvalue weighted by Crippen LogP contribution is 2.12. The SMILES string of the molecule is COCC(Nc1nnc(N)o1)C(C)C. The van der Waals surface area contributed by atoms with Crippen molar-refractivity contribution in [3.8, 4) is 0 Å². The predicted octanol–water partition coefficient (Wildman–Crippen LogP) is 0.735. The van der Waals surface area contributed by atoms with Gasteiger partial charge < -0.3 is 20.2 Å². The maximum atomic E-state index is 5.29. The Kier molecular flexibility index (Phi) is 3.70. The molecule has 1 atom stereocenters. The molecule has 6 heteroatoms. The number of nitrogens with zero attached hydrogens (tertiary/aromatic N) is 2. The van der Waals surface area contributed by atoms with Crippen LogP contribution in [0.2, 0.25) is 0 Å². The fourth-order valence-corrected chi connectivity index (χ4v) is 1.03. The van der Waals surface area contributed by atoms with E-state index in [0.717, 1.165) is 0 Å². The van der Waals surface area contributed by atoms with Gasteiger partial charge in [0.05, 0.1) is 12.6 Å². The van der Waals surface area contributed by atoms with E-state index < -0.39 is 0 Å². The molecule has 1 heterocycles. The van der Waals surface area contributed by atoms with Gasteiger partial charge in [-0.25, -0.2) is 0 Å². The Balaban J connectivity index is 2.55. The first kappa shape index (κ1) is 10.8. The van der Waals surface area contributed by atoms with Crippen LogP contribution in [0.1, 0.15) is 13.8 Å². The molecule has 14 heavy (non-hydrogen) atoms. The van der Waals surface area contributed by atoms with E-state index in [1.807, 2.05) is 0 Å². The molecule has 0 spiro atoms. The van der Waals surface area contributed by atoms with Crippen molar-refractivity contribution >= 4 is 12.0 Å². The van der Waals surface area contributed by atoms with Crippen LogP contribution in [0.15, 0.2) is 4.42 Å². The molecular weight excluding hydrogens is 184 g/mol. The highest BCUT2D eigenvalue weighted by Gasteiger charge is 2.15. The van der Waals surface area contributed by atoms with Gasteiger partial charge in [-0.2, -0.15) is 0 Å². The van der Waals surface area contributed by atoms with Crippen LogP contribution in [0.3, 0.4) is 0 Å². The molecule has 0 aromatic carbocycles. The van der Waals surface area contributed by atoms with E-state index in [-0.39, 0.29) is 12.1 Å². The van der Waals surface area contributed by atoms with Crippen LogP contribution < -0.4 is 11.1 Å². The number of ether oxygens (including phenoxy) is 1. The van der Waals surface area contributed by atoms with Crippen molar-refractivity contribution < 1.29 is 9.15 Å². The lowest BCUT2D eigenvalue weighted by Crippen LogP contribution is -2.30. The van der Waals surface area contributed by atoms with Crippen LogP contribution in [0, 0.1) is 5.92 Å². The molecule has 0 aliphatic carbocycles. The molecular formula is C8H16N4O2. The minimum Gasteiger partial charge on any atom is -0.390 e. The Morgan fingerprint density at radius 3 is 2.64 bits per heavy atom. The van der Waals surface area contributed by atoms with Crippen LogP contribution in [0.4, 0.5) is 12.0 Å². The summed E-state index contributed by atoms with van der Waals surface area (Å²) in [7, 11) is 1.65. The van der Waals surface area contributed by atoms with Crippen LogP contribution in [0.25, 0.3) is 0 Å². The first-order valence-electron chi connectivity index (χ1n) is 4.48. The summed E-state index contributed by atoms with van der Waals surface area (Å²) in [6.07, 6.45) is 0. The third-order valence-electron chi connectivity index (χ3n) is 1.90. The first-order valence-corrected chi connectivity index (χ1v) is 4.48. The number of nitrogens with one attached hydrogen (secondary N) is 1. The summed E-state index contributed by atoms with van der Waals surface area (Å²) in [5.74, 6) is 0.406. The smallest absolute Gasteiger partial charge is 0.317 e. The van der Waals surface area contributed by atoms with Gasteiger partial charge in [-0.3, -0.25) is 0 Å². The van der Waals surface area contributed by atoms with Crippen molar-refractivity contribution in [1.82, 2.24) is 10.2 Å². The summed E-state index contributed by atoms with van der Waals surface area (Å²) < 4.78 is 10.1. The van der Waals surface area contributed by atoms with Gasteiger partial charge in [-0.1, -0.05) is 24.0 Å². The van der Waals surface area contributed by atoms with Gasteiger partial charge in [0.15, 0.2) is 0 Å². The second-order valence-corrected chi connectivity index (χ2v) is 3.40. The molecule has 0 saturated heterocycles. The fraction of sp³-hybridized carbons (Fsp3) is 0.750. The van der Waals surface area contributed by atoms with Gasteiger partial charge in [0.25, 0.3) is 0 Å². The molecule has 1 aromatic rings. The van der Waals surface area contributed by atoms with Crippen molar-refractivity contribution in [3.63, 3.8) is 0 Å². The van der Waals surface area contributed by atoms with Gasteiger partial charge in [0.1, 0.15) is 0 Å². The molecule has 0 saturated carbocycles. The maximum Gasteiger partial charge on any atom is 0.317 e. The summed E-state index contributed by atoms with van der Waals surface area (Å²) in [4.78, 5) is 0. The Bertz CT molecular complexity index is 274. The Hall–Kier alpha value is -1.30. The number of hydrogen-bond acceptors (Lipinski definition) is 6. The zero-order valence-electron chi connectivity index (χ0n) is 8.65. The Labute approximate surface area is 82.8 Å². The third-order valence-corrected chi connectivity index (χ3v) is 1.90. The van der Waals surface area contributed by atoms with Gasteiger partial charge in [-0.15, -0.1) is 0 Å². The maximum absolute atomic E-state index is 5.29. The highest BCUT2D eigenvalue weighted by atomic mass is 16.5. The lowest BCUT2D eigenvalue weighted by atomic mass is 10.1. The minimum absolute atomic E-state index is 0.0624. The summed E-state index contributed by atoms with van der Waals surface area (Å²) >= 11 is 0. The van der Waals surface area contributed by atoms with Gasteiger partial charge >= 0.3 is 12.0 Å². The molecule has 0 aliphatic rings. The highest BCUT2D eigenvalue weighted by molar-refractivity contribution is 5.24. The molecule has 1 rings (SSSR count). The zero-order valence-corrected chi connectivity index (χ0v) is 8.65. The first-order chi connectivity index (χ1) is 6.63. The molecule has 3 N–H and O–H groups in total. The number of hydrogen-bond donors (Lipinski definition) is 2. The van der Waals surface area contributed by atoms with Crippen molar-refractivity contribution in [2.45, 2.75) is 19.9 Å². The quantitative estimate of drug-likeness (QED) is 0.728. The monoisotopic (exact) mass is 200 g/mol. The average Bonchev–Trinajstić information content (AvgIpc) is 2.50. The zero-order chi connectivity index (χ0) is 10.6. The van der Waals surface area contributed by atoms with Gasteiger partial charge in [0, 0.05) is 7.11 Å². The predicted molar refractivity (Wildman–Crippen MR) is 52.8 cm³/mol. The number of rotatable bonds is 5. The molecule has 1 aromatic heterocycles. The summed E-state index contributed by atoms with van der Waals surface area (Å²) in [6.45, 7) is 4.74. The van der Waals surface area contributed by atoms with Crippen LogP contribution in [-0.4, -0.2) is 30.0 Å². The van der Waals surface area contributed by atoms with E-state index in [0.29, 0.717) is 18.5 Å². The van der Waals surface area contributed by atoms with Crippen molar-refractivity contribution in [2.24, 2.45) is 5.92 Å². The van der Waals surface area contributed by atoms with Crippen molar-refractivity contribution in [1.29, 1.82) is 0 Å². The van der Waals surface area contributed by atoms with Crippen LogP contribution in [-0.2, 0) is 4.74 Å². The molecule has 0 fully saturated rings. The normalized spacial score (nSPS) is 13.1. The molecule has 6 nitrogen and oxygen atoms in total. The number of methoxy groups -OCH3 is 1. The lowest BCUT2D eigenvalue weighted by Gasteiger charge is -2.19. The van der Waals surface area contributed by atoms with E-state index >= 15 is 0 Å². The Morgan fingerprint density at radius 2 is 2.21 bits per heavy atom. The summed E-state index contributed by atoms with van der Waals surface area (Å²) in [6, 6.07) is 0.533. The lowest BCUT2D eigenvalue weighted by molar-refractivity contribution is 0.170. The third kappa shape index (κ3) is 2.88. The van der Waals surface area contributed by atoms with Crippen molar-refractivity contribution in [2.75, 3.05) is 24.8 Å². The molecule has 0 bridgehead atoms. The Morgan fingerprint density at radius 1 is 1.50 bits per heavy atom. The second-order valence-electron chi connectivity index (χ2n) is 3.40. The molecule has 80 valence electrons. The van der Waals surface area contributed by atoms with Gasteiger partial charge in [-0.05, 0) is 5.92 Å².